The van der Waals surface area contributed by atoms with Crippen LogP contribution in [0.1, 0.15) is 12.8 Å². The maximum atomic E-state index is 12.1. The molecule has 5 heteroatoms. The zero-order chi connectivity index (χ0) is 12.1. The number of rotatable bonds is 3. The van der Waals surface area contributed by atoms with Crippen molar-refractivity contribution in [3.8, 4) is 0 Å². The number of nitrogens with one attached hydrogen (secondary N) is 1. The average molecular weight is 241 g/mol. The quantitative estimate of drug-likeness (QED) is 0.725. The molecular formula is C12H23N3O2. The molecule has 98 valence electrons. The van der Waals surface area contributed by atoms with Crippen molar-refractivity contribution in [3.63, 3.8) is 0 Å². The Balaban J connectivity index is 1.72. The molecule has 1 N–H and O–H groups in total. The van der Waals surface area contributed by atoms with Crippen LogP contribution in [0.4, 0.5) is 0 Å². The Labute approximate surface area is 103 Å². The summed E-state index contributed by atoms with van der Waals surface area (Å²) in [6, 6.07) is 0. The predicted octanol–water partition coefficient (Wildman–Crippen LogP) is -0.471. The van der Waals surface area contributed by atoms with E-state index in [9.17, 15) is 4.79 Å². The van der Waals surface area contributed by atoms with Crippen LogP contribution in [0.25, 0.3) is 0 Å². The van der Waals surface area contributed by atoms with Gasteiger partial charge in [-0.05, 0) is 12.8 Å². The van der Waals surface area contributed by atoms with Crippen LogP contribution < -0.4 is 5.32 Å². The van der Waals surface area contributed by atoms with Crippen LogP contribution in [0.5, 0.6) is 0 Å². The lowest BCUT2D eigenvalue weighted by atomic mass is 10.1. The van der Waals surface area contributed by atoms with Gasteiger partial charge in [0.1, 0.15) is 0 Å². The van der Waals surface area contributed by atoms with E-state index in [-0.39, 0.29) is 5.91 Å². The van der Waals surface area contributed by atoms with Gasteiger partial charge in [0.15, 0.2) is 0 Å². The molecule has 17 heavy (non-hydrogen) atoms. The van der Waals surface area contributed by atoms with Crippen molar-refractivity contribution in [2.45, 2.75) is 18.9 Å². The number of likely N-dealkylation sites (tertiary alicyclic amines) is 1. The Kier molecular flexibility index (Phi) is 4.76. The number of nitrogens with zero attached hydrogens (tertiary/aromatic N) is 2. The Morgan fingerprint density at radius 3 is 2.47 bits per heavy atom. The van der Waals surface area contributed by atoms with Crippen LogP contribution in [0.15, 0.2) is 0 Å². The van der Waals surface area contributed by atoms with Crippen molar-refractivity contribution < 1.29 is 9.53 Å². The summed E-state index contributed by atoms with van der Waals surface area (Å²) in [5.74, 6) is 0.279. The highest BCUT2D eigenvalue weighted by Gasteiger charge is 2.24. The van der Waals surface area contributed by atoms with Gasteiger partial charge in [0.05, 0.1) is 12.6 Å². The van der Waals surface area contributed by atoms with E-state index in [4.69, 9.17) is 4.74 Å². The number of ether oxygens (including phenoxy) is 1. The number of hydrogen-bond acceptors (Lipinski definition) is 4. The van der Waals surface area contributed by atoms with Gasteiger partial charge >= 0.3 is 0 Å². The number of carbonyl (C=O) groups excluding carboxylic acids is 1. The van der Waals surface area contributed by atoms with Gasteiger partial charge in [0.25, 0.3) is 0 Å². The van der Waals surface area contributed by atoms with Crippen LogP contribution >= 0.6 is 0 Å². The number of carbonyl (C=O) groups is 1. The first-order valence-electron chi connectivity index (χ1n) is 6.53. The Morgan fingerprint density at radius 2 is 1.88 bits per heavy atom. The van der Waals surface area contributed by atoms with Gasteiger partial charge in [-0.15, -0.1) is 0 Å². The van der Waals surface area contributed by atoms with Gasteiger partial charge in [0.2, 0.25) is 5.91 Å². The fourth-order valence-corrected chi connectivity index (χ4v) is 2.50. The average Bonchev–Trinajstić information content (AvgIpc) is 2.40. The standard InChI is InChI=1S/C12H23N3O2/c1-17-11-2-6-15(7-3-11)12(16)10-14-8-4-13-5-9-14/h11,13H,2-10H2,1H3. The highest BCUT2D eigenvalue weighted by molar-refractivity contribution is 5.78. The van der Waals surface area contributed by atoms with E-state index in [1.165, 1.54) is 0 Å². The second-order valence-electron chi connectivity index (χ2n) is 4.84. The third-order valence-corrected chi connectivity index (χ3v) is 3.70. The topological polar surface area (TPSA) is 44.8 Å². The van der Waals surface area contributed by atoms with Gasteiger partial charge in [-0.25, -0.2) is 0 Å². The molecule has 1 amide bonds. The van der Waals surface area contributed by atoms with Gasteiger partial charge in [-0.2, -0.15) is 0 Å². The molecule has 0 aromatic carbocycles. The predicted molar refractivity (Wildman–Crippen MR) is 65.9 cm³/mol. The van der Waals surface area contributed by atoms with E-state index in [0.717, 1.165) is 52.1 Å². The first-order chi connectivity index (χ1) is 8.29. The lowest BCUT2D eigenvalue weighted by Crippen LogP contribution is -2.50. The molecule has 2 saturated heterocycles. The Hall–Kier alpha value is -0.650. The fourth-order valence-electron chi connectivity index (χ4n) is 2.50. The maximum Gasteiger partial charge on any atom is 0.236 e. The van der Waals surface area contributed by atoms with Crippen LogP contribution in [0.2, 0.25) is 0 Å². The van der Waals surface area contributed by atoms with E-state index in [2.05, 4.69) is 10.2 Å². The maximum absolute atomic E-state index is 12.1. The molecule has 2 heterocycles. The fraction of sp³-hybridized carbons (Fsp3) is 0.917. The molecule has 0 bridgehead atoms. The first kappa shape index (κ1) is 12.8. The summed E-state index contributed by atoms with van der Waals surface area (Å²) >= 11 is 0. The summed E-state index contributed by atoms with van der Waals surface area (Å²) < 4.78 is 5.31. The molecule has 0 aliphatic carbocycles. The molecule has 5 nitrogen and oxygen atoms in total. The van der Waals surface area contributed by atoms with Crippen molar-refractivity contribution in [2.24, 2.45) is 0 Å². The summed E-state index contributed by atoms with van der Waals surface area (Å²) in [5.41, 5.74) is 0. The van der Waals surface area contributed by atoms with E-state index in [1.54, 1.807) is 7.11 Å². The van der Waals surface area contributed by atoms with Crippen molar-refractivity contribution in [1.82, 2.24) is 15.1 Å². The van der Waals surface area contributed by atoms with E-state index in [1.807, 2.05) is 4.90 Å². The SMILES string of the molecule is COC1CCN(C(=O)CN2CCNCC2)CC1. The van der Waals surface area contributed by atoms with Crippen LogP contribution in [-0.2, 0) is 9.53 Å². The van der Waals surface area contributed by atoms with Crippen molar-refractivity contribution in [1.29, 1.82) is 0 Å². The summed E-state index contributed by atoms with van der Waals surface area (Å²) in [5, 5.41) is 3.30. The Bertz CT molecular complexity index is 246. The molecule has 2 aliphatic heterocycles. The third kappa shape index (κ3) is 3.66. The molecule has 2 rings (SSSR count). The minimum absolute atomic E-state index is 0.279. The molecule has 0 aromatic rings. The molecule has 0 radical (unpaired) electrons. The highest BCUT2D eigenvalue weighted by Crippen LogP contribution is 2.13. The molecule has 0 unspecified atom stereocenters. The zero-order valence-electron chi connectivity index (χ0n) is 10.7. The van der Waals surface area contributed by atoms with Crippen LogP contribution in [0, 0.1) is 0 Å². The smallest absolute Gasteiger partial charge is 0.236 e. The number of amides is 1. The van der Waals surface area contributed by atoms with Gasteiger partial charge < -0.3 is 15.0 Å². The lowest BCUT2D eigenvalue weighted by Gasteiger charge is -2.34. The first-order valence-corrected chi connectivity index (χ1v) is 6.53. The van der Waals surface area contributed by atoms with Gasteiger partial charge in [-0.3, -0.25) is 9.69 Å². The number of piperidine rings is 1. The van der Waals surface area contributed by atoms with Crippen molar-refractivity contribution in [3.05, 3.63) is 0 Å². The molecule has 0 atom stereocenters. The van der Waals surface area contributed by atoms with E-state index >= 15 is 0 Å². The molecule has 2 fully saturated rings. The number of piperazine rings is 1. The minimum Gasteiger partial charge on any atom is -0.381 e. The largest absolute Gasteiger partial charge is 0.381 e. The monoisotopic (exact) mass is 241 g/mol. The third-order valence-electron chi connectivity index (χ3n) is 3.70. The summed E-state index contributed by atoms with van der Waals surface area (Å²) in [7, 11) is 1.75. The zero-order valence-corrected chi connectivity index (χ0v) is 10.7. The molecule has 0 spiro atoms. The van der Waals surface area contributed by atoms with Crippen molar-refractivity contribution in [2.75, 3.05) is 52.9 Å². The summed E-state index contributed by atoms with van der Waals surface area (Å²) in [6.45, 7) is 6.25. The summed E-state index contributed by atoms with van der Waals surface area (Å²) in [4.78, 5) is 16.3. The van der Waals surface area contributed by atoms with Gasteiger partial charge in [-0.1, -0.05) is 0 Å². The van der Waals surface area contributed by atoms with Crippen LogP contribution in [-0.4, -0.2) is 74.7 Å². The second kappa shape index (κ2) is 6.33. The van der Waals surface area contributed by atoms with E-state index < -0.39 is 0 Å². The Morgan fingerprint density at radius 1 is 1.24 bits per heavy atom. The minimum atomic E-state index is 0.279. The number of methoxy groups -OCH3 is 1. The lowest BCUT2D eigenvalue weighted by molar-refractivity contribution is -0.134. The molecule has 0 saturated carbocycles. The normalized spacial score (nSPS) is 23.9. The molecular weight excluding hydrogens is 218 g/mol. The van der Waals surface area contributed by atoms with Crippen LogP contribution in [0.3, 0.4) is 0 Å². The van der Waals surface area contributed by atoms with E-state index in [0.29, 0.717) is 12.6 Å². The highest BCUT2D eigenvalue weighted by atomic mass is 16.5. The van der Waals surface area contributed by atoms with Crippen molar-refractivity contribution >= 4 is 5.91 Å². The van der Waals surface area contributed by atoms with Gasteiger partial charge in [0, 0.05) is 46.4 Å². The summed E-state index contributed by atoms with van der Waals surface area (Å²) in [6.07, 6.45) is 2.30. The molecule has 0 aromatic heterocycles. The molecule has 2 aliphatic rings. The number of hydrogen-bond donors (Lipinski definition) is 1. The second-order valence-corrected chi connectivity index (χ2v) is 4.84.